The quantitative estimate of drug-likeness (QED) is 0.769. The fourth-order valence-electron chi connectivity index (χ4n) is 2.66. The highest BCUT2D eigenvalue weighted by atomic mass is 16.5. The van der Waals surface area contributed by atoms with E-state index < -0.39 is 6.10 Å². The number of hydrogen-bond donors (Lipinski definition) is 3. The molecule has 25 heavy (non-hydrogen) atoms. The van der Waals surface area contributed by atoms with E-state index in [0.717, 1.165) is 6.42 Å². The third kappa shape index (κ3) is 4.40. The smallest absolute Gasteiger partial charge is 0.256 e. The molecule has 0 bridgehead atoms. The zero-order valence-corrected chi connectivity index (χ0v) is 13.6. The first-order chi connectivity index (χ1) is 12.2. The lowest BCUT2D eigenvalue weighted by Crippen LogP contribution is -2.29. The molecule has 1 saturated heterocycles. The van der Waals surface area contributed by atoms with Crippen molar-refractivity contribution in [2.75, 3.05) is 17.2 Å². The number of pyridine rings is 1. The van der Waals surface area contributed by atoms with Crippen molar-refractivity contribution in [2.24, 2.45) is 5.73 Å². The van der Waals surface area contributed by atoms with E-state index in [9.17, 15) is 9.59 Å². The molecule has 0 aliphatic carbocycles. The number of benzene rings is 1. The van der Waals surface area contributed by atoms with Crippen molar-refractivity contribution >= 4 is 23.3 Å². The number of nitrogens with one attached hydrogen (secondary N) is 2. The number of ether oxygens (including phenoxy) is 1. The van der Waals surface area contributed by atoms with E-state index in [1.165, 1.54) is 0 Å². The van der Waals surface area contributed by atoms with Crippen LogP contribution in [0.3, 0.4) is 0 Å². The van der Waals surface area contributed by atoms with Gasteiger partial charge in [0.2, 0.25) is 0 Å². The molecule has 1 aromatic heterocycles. The van der Waals surface area contributed by atoms with Crippen LogP contribution in [0.4, 0.5) is 11.5 Å². The van der Waals surface area contributed by atoms with Gasteiger partial charge in [-0.25, -0.2) is 4.98 Å². The molecular formula is C18H20N4O3. The summed E-state index contributed by atoms with van der Waals surface area (Å²) in [5.74, 6) is -0.0533. The van der Waals surface area contributed by atoms with E-state index in [1.54, 1.807) is 48.7 Å². The summed E-state index contributed by atoms with van der Waals surface area (Å²) in [5, 5.41) is 5.49. The first-order valence-corrected chi connectivity index (χ1v) is 8.14. The van der Waals surface area contributed by atoms with Gasteiger partial charge in [-0.1, -0.05) is 12.1 Å². The highest BCUT2D eigenvalue weighted by Crippen LogP contribution is 2.21. The van der Waals surface area contributed by atoms with Gasteiger partial charge in [-0.15, -0.1) is 0 Å². The normalized spacial score (nSPS) is 19.4. The molecule has 1 aromatic carbocycles. The summed E-state index contributed by atoms with van der Waals surface area (Å²) in [7, 11) is 0. The number of nitrogens with two attached hydrogens (primary N) is 1. The molecule has 2 amide bonds. The summed E-state index contributed by atoms with van der Waals surface area (Å²) >= 11 is 0. The van der Waals surface area contributed by atoms with Crippen LogP contribution in [-0.2, 0) is 9.53 Å². The van der Waals surface area contributed by atoms with E-state index in [-0.39, 0.29) is 17.9 Å². The van der Waals surface area contributed by atoms with Crippen molar-refractivity contribution in [3.8, 4) is 0 Å². The van der Waals surface area contributed by atoms with Crippen LogP contribution in [-0.4, -0.2) is 35.6 Å². The summed E-state index contributed by atoms with van der Waals surface area (Å²) in [6, 6.07) is 12.0. The number of rotatable bonds is 5. The molecule has 7 nitrogen and oxygen atoms in total. The number of carbonyl (C=O) groups is 2. The highest BCUT2D eigenvalue weighted by molar-refractivity contribution is 6.05. The minimum absolute atomic E-state index is 0.0637. The van der Waals surface area contributed by atoms with Crippen LogP contribution < -0.4 is 16.4 Å². The first-order valence-electron chi connectivity index (χ1n) is 8.14. The Kier molecular flexibility index (Phi) is 5.37. The summed E-state index contributed by atoms with van der Waals surface area (Å²) < 4.78 is 5.58. The highest BCUT2D eigenvalue weighted by Gasteiger charge is 2.29. The van der Waals surface area contributed by atoms with Gasteiger partial charge in [-0.05, 0) is 43.2 Å². The predicted octanol–water partition coefficient (Wildman–Crippen LogP) is 1.78. The van der Waals surface area contributed by atoms with E-state index in [4.69, 9.17) is 10.5 Å². The van der Waals surface area contributed by atoms with Crippen LogP contribution in [0.5, 0.6) is 0 Å². The van der Waals surface area contributed by atoms with Crippen molar-refractivity contribution < 1.29 is 14.3 Å². The van der Waals surface area contributed by atoms with Crippen molar-refractivity contribution in [1.82, 2.24) is 4.98 Å². The molecule has 7 heteroatoms. The first kappa shape index (κ1) is 17.1. The Bertz CT molecular complexity index is 751. The second kappa shape index (κ2) is 7.87. The van der Waals surface area contributed by atoms with Crippen LogP contribution in [0.15, 0.2) is 48.7 Å². The van der Waals surface area contributed by atoms with Gasteiger partial charge in [-0.3, -0.25) is 9.59 Å². The van der Waals surface area contributed by atoms with Crippen LogP contribution in [0.2, 0.25) is 0 Å². The molecule has 1 aliphatic rings. The Balaban J connectivity index is 1.63. The zero-order valence-electron chi connectivity index (χ0n) is 13.6. The number of hydrogen-bond acceptors (Lipinski definition) is 5. The molecule has 0 unspecified atom stereocenters. The minimum atomic E-state index is -0.500. The lowest BCUT2D eigenvalue weighted by atomic mass is 10.1. The van der Waals surface area contributed by atoms with Gasteiger partial charge >= 0.3 is 0 Å². The number of nitrogens with zero attached hydrogens (tertiary/aromatic N) is 1. The standard InChI is InChI=1S/C18H20N4O3/c19-11-14-7-8-15(25-14)18(24)21-13-5-3-4-12(10-13)17(23)22-16-6-1-2-9-20-16/h1-6,9-10,14-15H,7-8,11,19H2,(H,21,24)(H,20,22,23)/t14-,15+/m1/s1. The van der Waals surface area contributed by atoms with Crippen molar-refractivity contribution in [1.29, 1.82) is 0 Å². The van der Waals surface area contributed by atoms with E-state index in [1.807, 2.05) is 0 Å². The van der Waals surface area contributed by atoms with Crippen LogP contribution >= 0.6 is 0 Å². The average Bonchev–Trinajstić information content (AvgIpc) is 3.12. The molecule has 2 heterocycles. The summed E-state index contributed by atoms with van der Waals surface area (Å²) in [6.45, 7) is 0.410. The van der Waals surface area contributed by atoms with Crippen molar-refractivity contribution in [3.05, 3.63) is 54.2 Å². The average molecular weight is 340 g/mol. The summed E-state index contributed by atoms with van der Waals surface area (Å²) in [4.78, 5) is 28.6. The number of amides is 2. The molecule has 1 aliphatic heterocycles. The molecule has 3 rings (SSSR count). The molecule has 0 saturated carbocycles. The van der Waals surface area contributed by atoms with Gasteiger partial charge < -0.3 is 21.1 Å². The van der Waals surface area contributed by atoms with Gasteiger partial charge in [0.15, 0.2) is 0 Å². The zero-order chi connectivity index (χ0) is 17.6. The Morgan fingerprint density at radius 2 is 2.04 bits per heavy atom. The van der Waals surface area contributed by atoms with Crippen LogP contribution in [0.25, 0.3) is 0 Å². The summed E-state index contributed by atoms with van der Waals surface area (Å²) in [6.07, 6.45) is 2.46. The lowest BCUT2D eigenvalue weighted by Gasteiger charge is -2.13. The van der Waals surface area contributed by atoms with Crippen LogP contribution in [0, 0.1) is 0 Å². The lowest BCUT2D eigenvalue weighted by molar-refractivity contribution is -0.126. The molecule has 0 spiro atoms. The maximum absolute atomic E-state index is 12.3. The minimum Gasteiger partial charge on any atom is -0.364 e. The second-order valence-electron chi connectivity index (χ2n) is 5.80. The second-order valence-corrected chi connectivity index (χ2v) is 5.80. The molecule has 2 aromatic rings. The van der Waals surface area contributed by atoms with E-state index in [2.05, 4.69) is 15.6 Å². The third-order valence-corrected chi connectivity index (χ3v) is 3.96. The van der Waals surface area contributed by atoms with E-state index in [0.29, 0.717) is 30.0 Å². The van der Waals surface area contributed by atoms with Crippen LogP contribution in [0.1, 0.15) is 23.2 Å². The van der Waals surface area contributed by atoms with Gasteiger partial charge in [-0.2, -0.15) is 0 Å². The fraction of sp³-hybridized carbons (Fsp3) is 0.278. The molecule has 2 atom stereocenters. The third-order valence-electron chi connectivity index (χ3n) is 3.96. The predicted molar refractivity (Wildman–Crippen MR) is 94.2 cm³/mol. The van der Waals surface area contributed by atoms with Crippen molar-refractivity contribution in [2.45, 2.75) is 25.0 Å². The van der Waals surface area contributed by atoms with Gasteiger partial charge in [0.1, 0.15) is 11.9 Å². The Hall–Kier alpha value is -2.77. The topological polar surface area (TPSA) is 106 Å². The number of anilines is 2. The van der Waals surface area contributed by atoms with Gasteiger partial charge in [0, 0.05) is 24.0 Å². The molecule has 4 N–H and O–H groups in total. The fourth-order valence-corrected chi connectivity index (χ4v) is 2.66. The molecule has 1 fully saturated rings. The number of carbonyl (C=O) groups excluding carboxylic acids is 2. The van der Waals surface area contributed by atoms with Gasteiger partial charge in [0.25, 0.3) is 11.8 Å². The Morgan fingerprint density at radius 1 is 1.16 bits per heavy atom. The number of aromatic nitrogens is 1. The van der Waals surface area contributed by atoms with E-state index >= 15 is 0 Å². The molecule has 130 valence electrons. The van der Waals surface area contributed by atoms with Crippen molar-refractivity contribution in [3.63, 3.8) is 0 Å². The monoisotopic (exact) mass is 340 g/mol. The summed E-state index contributed by atoms with van der Waals surface area (Å²) in [5.41, 5.74) is 6.53. The SMILES string of the molecule is NC[C@H]1CC[C@@H](C(=O)Nc2cccc(C(=O)Nc3ccccn3)c2)O1. The molecular weight excluding hydrogens is 320 g/mol. The van der Waals surface area contributed by atoms with Gasteiger partial charge in [0.05, 0.1) is 6.10 Å². The largest absolute Gasteiger partial charge is 0.364 e. The maximum Gasteiger partial charge on any atom is 0.256 e. The Morgan fingerprint density at radius 3 is 2.76 bits per heavy atom. The Labute approximate surface area is 145 Å². The molecule has 0 radical (unpaired) electrons. The maximum atomic E-state index is 12.3.